The summed E-state index contributed by atoms with van der Waals surface area (Å²) in [7, 11) is 1.82. The van der Waals surface area contributed by atoms with Gasteiger partial charge in [0.15, 0.2) is 17.5 Å². The van der Waals surface area contributed by atoms with Gasteiger partial charge in [-0.1, -0.05) is 0 Å². The highest BCUT2D eigenvalue weighted by Crippen LogP contribution is 2.39. The van der Waals surface area contributed by atoms with E-state index < -0.39 is 0 Å². The number of hydrogen-bond acceptors (Lipinski definition) is 4. The number of ether oxygens (including phenoxy) is 2. The molecule has 1 aliphatic carbocycles. The summed E-state index contributed by atoms with van der Waals surface area (Å²) in [6, 6.07) is 5.40. The third-order valence-electron chi connectivity index (χ3n) is 4.79. The van der Waals surface area contributed by atoms with Crippen LogP contribution in [0.5, 0.6) is 11.5 Å². The summed E-state index contributed by atoms with van der Waals surface area (Å²) < 4.78 is 11.8. The lowest BCUT2D eigenvalue weighted by Gasteiger charge is -2.18. The Hall–Kier alpha value is -0.740. The molecule has 1 saturated carbocycles. The van der Waals surface area contributed by atoms with Gasteiger partial charge in [0.25, 0.3) is 0 Å². The van der Waals surface area contributed by atoms with Gasteiger partial charge in [0.05, 0.1) is 4.47 Å². The Labute approximate surface area is 173 Å². The molecule has 0 radical (unpaired) electrons. The number of aliphatic imine (C=N–C) groups is 1. The monoisotopic (exact) mass is 522 g/mol. The zero-order valence-electron chi connectivity index (χ0n) is 14.3. The smallest absolute Gasteiger partial charge is 0.231 e. The van der Waals surface area contributed by atoms with Crippen molar-refractivity contribution in [2.24, 2.45) is 4.99 Å². The molecular formula is C17H24BrIN4O2. The van der Waals surface area contributed by atoms with Crippen LogP contribution < -0.4 is 20.1 Å². The number of halogens is 2. The van der Waals surface area contributed by atoms with Crippen molar-refractivity contribution in [3.63, 3.8) is 0 Å². The summed E-state index contributed by atoms with van der Waals surface area (Å²) in [5, 5.41) is 6.94. The first-order chi connectivity index (χ1) is 11.7. The van der Waals surface area contributed by atoms with E-state index in [0.717, 1.165) is 40.1 Å². The highest BCUT2D eigenvalue weighted by molar-refractivity contribution is 14.0. The molecule has 1 atom stereocenters. The van der Waals surface area contributed by atoms with Gasteiger partial charge in [-0.05, 0) is 52.9 Å². The van der Waals surface area contributed by atoms with E-state index in [1.807, 2.05) is 13.1 Å². The molecule has 2 N–H and O–H groups in total. The Morgan fingerprint density at radius 1 is 1.32 bits per heavy atom. The summed E-state index contributed by atoms with van der Waals surface area (Å²) in [4.78, 5) is 6.95. The molecule has 1 saturated heterocycles. The van der Waals surface area contributed by atoms with Crippen molar-refractivity contribution >= 4 is 45.9 Å². The number of hydrogen-bond donors (Lipinski definition) is 2. The SMILES string of the molecule is CN=C(NCc1cc(Br)c2c(c1)OCO2)NC1CCN(C2CC2)C1.I. The van der Waals surface area contributed by atoms with E-state index >= 15 is 0 Å². The molecule has 1 unspecified atom stereocenters. The standard InChI is InChI=1S/C17H23BrN4O2.HI/c1-19-17(21-12-4-5-22(9-12)13-2-3-13)20-8-11-6-14(18)16-15(7-11)23-10-24-16;/h6-7,12-13H,2-5,8-10H2,1H3,(H2,19,20,21);1H. The Bertz CT molecular complexity index is 654. The Kier molecular flexibility index (Phi) is 6.32. The molecule has 2 heterocycles. The van der Waals surface area contributed by atoms with Gasteiger partial charge in [-0.3, -0.25) is 9.89 Å². The van der Waals surface area contributed by atoms with Crippen LogP contribution in [-0.2, 0) is 6.54 Å². The van der Waals surface area contributed by atoms with E-state index in [1.54, 1.807) is 0 Å². The first-order valence-electron chi connectivity index (χ1n) is 8.52. The van der Waals surface area contributed by atoms with E-state index in [2.05, 4.69) is 42.5 Å². The van der Waals surface area contributed by atoms with Crippen LogP contribution in [0.2, 0.25) is 0 Å². The quantitative estimate of drug-likeness (QED) is 0.362. The van der Waals surface area contributed by atoms with Crippen molar-refractivity contribution < 1.29 is 9.47 Å². The fourth-order valence-corrected chi connectivity index (χ4v) is 3.98. The maximum atomic E-state index is 5.47. The molecule has 8 heteroatoms. The number of likely N-dealkylation sites (tertiary alicyclic amines) is 1. The van der Waals surface area contributed by atoms with Crippen molar-refractivity contribution in [2.45, 2.75) is 37.9 Å². The van der Waals surface area contributed by atoms with E-state index in [0.29, 0.717) is 12.6 Å². The third-order valence-corrected chi connectivity index (χ3v) is 5.38. The highest BCUT2D eigenvalue weighted by Gasteiger charge is 2.34. The summed E-state index contributed by atoms with van der Waals surface area (Å²) in [6.07, 6.45) is 3.93. The lowest BCUT2D eigenvalue weighted by Crippen LogP contribution is -2.44. The number of benzene rings is 1. The van der Waals surface area contributed by atoms with Crippen LogP contribution in [0.25, 0.3) is 0 Å². The number of rotatable bonds is 4. The highest BCUT2D eigenvalue weighted by atomic mass is 127. The van der Waals surface area contributed by atoms with Gasteiger partial charge in [0.1, 0.15) is 0 Å². The molecule has 25 heavy (non-hydrogen) atoms. The fourth-order valence-electron chi connectivity index (χ4n) is 3.37. The molecule has 3 aliphatic rings. The van der Waals surface area contributed by atoms with E-state index in [1.165, 1.54) is 25.8 Å². The molecule has 4 rings (SSSR count). The van der Waals surface area contributed by atoms with Gasteiger partial charge in [-0.15, -0.1) is 24.0 Å². The van der Waals surface area contributed by atoms with Crippen LogP contribution in [0.15, 0.2) is 21.6 Å². The number of fused-ring (bicyclic) bond motifs is 1. The van der Waals surface area contributed by atoms with Crippen LogP contribution in [0.3, 0.4) is 0 Å². The van der Waals surface area contributed by atoms with E-state index in [-0.39, 0.29) is 30.8 Å². The van der Waals surface area contributed by atoms with Crippen LogP contribution >= 0.6 is 39.9 Å². The second-order valence-corrected chi connectivity index (χ2v) is 7.45. The Balaban J connectivity index is 0.00000182. The van der Waals surface area contributed by atoms with Crippen LogP contribution in [0.4, 0.5) is 0 Å². The second-order valence-electron chi connectivity index (χ2n) is 6.59. The minimum atomic E-state index is 0. The fraction of sp³-hybridized carbons (Fsp3) is 0.588. The van der Waals surface area contributed by atoms with Crippen molar-refractivity contribution in [1.29, 1.82) is 0 Å². The molecular weight excluding hydrogens is 499 g/mol. The predicted molar refractivity (Wildman–Crippen MR) is 112 cm³/mol. The lowest BCUT2D eigenvalue weighted by molar-refractivity contribution is 0.173. The topological polar surface area (TPSA) is 58.1 Å². The molecule has 2 aliphatic heterocycles. The molecule has 6 nitrogen and oxygen atoms in total. The average molecular weight is 523 g/mol. The van der Waals surface area contributed by atoms with Crippen LogP contribution in [-0.4, -0.2) is 49.9 Å². The summed E-state index contributed by atoms with van der Waals surface area (Å²) in [6.45, 7) is 3.30. The normalized spacial score (nSPS) is 22.6. The minimum absolute atomic E-state index is 0. The minimum Gasteiger partial charge on any atom is -0.454 e. The molecule has 138 valence electrons. The maximum absolute atomic E-state index is 5.47. The van der Waals surface area contributed by atoms with Gasteiger partial charge in [-0.25, -0.2) is 0 Å². The lowest BCUT2D eigenvalue weighted by atomic mass is 10.2. The first-order valence-corrected chi connectivity index (χ1v) is 9.31. The number of guanidine groups is 1. The van der Waals surface area contributed by atoms with Crippen LogP contribution in [0, 0.1) is 0 Å². The maximum Gasteiger partial charge on any atom is 0.231 e. The Morgan fingerprint density at radius 3 is 2.92 bits per heavy atom. The molecule has 1 aromatic rings. The van der Waals surface area contributed by atoms with Crippen molar-refractivity contribution in [3.05, 3.63) is 22.2 Å². The number of nitrogens with one attached hydrogen (secondary N) is 2. The van der Waals surface area contributed by atoms with E-state index in [4.69, 9.17) is 9.47 Å². The van der Waals surface area contributed by atoms with Crippen molar-refractivity contribution in [1.82, 2.24) is 15.5 Å². The first kappa shape index (κ1) is 19.0. The predicted octanol–water partition coefficient (Wildman–Crippen LogP) is 2.70. The Morgan fingerprint density at radius 2 is 2.16 bits per heavy atom. The molecule has 2 fully saturated rings. The van der Waals surface area contributed by atoms with Gasteiger partial charge in [0.2, 0.25) is 6.79 Å². The van der Waals surface area contributed by atoms with Gasteiger partial charge >= 0.3 is 0 Å². The molecule has 0 amide bonds. The van der Waals surface area contributed by atoms with E-state index in [9.17, 15) is 0 Å². The number of nitrogens with zero attached hydrogens (tertiary/aromatic N) is 2. The molecule has 0 aromatic heterocycles. The zero-order valence-corrected chi connectivity index (χ0v) is 18.2. The molecule has 0 spiro atoms. The third kappa shape index (κ3) is 4.51. The molecule has 1 aromatic carbocycles. The average Bonchev–Trinajstić information content (AvgIpc) is 3.13. The largest absolute Gasteiger partial charge is 0.454 e. The van der Waals surface area contributed by atoms with Gasteiger partial charge in [0, 0.05) is 38.8 Å². The second kappa shape index (κ2) is 8.30. The summed E-state index contributed by atoms with van der Waals surface area (Å²) in [5.74, 6) is 2.43. The van der Waals surface area contributed by atoms with Gasteiger partial charge in [-0.2, -0.15) is 0 Å². The van der Waals surface area contributed by atoms with Gasteiger partial charge < -0.3 is 20.1 Å². The molecule has 0 bridgehead atoms. The summed E-state index contributed by atoms with van der Waals surface area (Å²) >= 11 is 3.54. The van der Waals surface area contributed by atoms with Crippen molar-refractivity contribution in [3.8, 4) is 11.5 Å². The van der Waals surface area contributed by atoms with Crippen molar-refractivity contribution in [2.75, 3.05) is 26.9 Å². The van der Waals surface area contributed by atoms with Crippen LogP contribution in [0.1, 0.15) is 24.8 Å². The zero-order chi connectivity index (χ0) is 16.5. The summed E-state index contributed by atoms with van der Waals surface area (Å²) in [5.41, 5.74) is 1.13.